The minimum Gasteiger partial charge on any atom is -0.490 e. The number of aliphatic imine (C=N–C) groups is 1. The number of amides is 1. The molecule has 0 unspecified atom stereocenters. The second-order valence-corrected chi connectivity index (χ2v) is 10.1. The van der Waals surface area contributed by atoms with Gasteiger partial charge in [0.2, 0.25) is 5.17 Å². The number of halogens is 2. The predicted octanol–water partition coefficient (Wildman–Crippen LogP) is 6.10. The monoisotopic (exact) mass is 620 g/mol. The molecule has 1 amide bonds. The Morgan fingerprint density at radius 2 is 1.83 bits per heavy atom. The summed E-state index contributed by atoms with van der Waals surface area (Å²) in [4.78, 5) is 16.8. The van der Waals surface area contributed by atoms with Crippen molar-refractivity contribution in [1.82, 2.24) is 5.01 Å². The Kier molecular flexibility index (Phi) is 8.30. The Bertz CT molecular complexity index is 1240. The summed E-state index contributed by atoms with van der Waals surface area (Å²) < 4.78 is 19.1. The highest BCUT2D eigenvalue weighted by atomic mass is 79.9. The number of hydrazone groups is 1. The lowest BCUT2D eigenvalue weighted by molar-refractivity contribution is -0.114. The number of ether oxygens (including phenoxy) is 3. The molecule has 2 heterocycles. The van der Waals surface area contributed by atoms with Crippen molar-refractivity contribution in [3.8, 4) is 17.2 Å². The Labute approximate surface area is 224 Å². The van der Waals surface area contributed by atoms with Gasteiger partial charge in [0.05, 0.1) is 16.7 Å². The summed E-state index contributed by atoms with van der Waals surface area (Å²) in [6.45, 7) is 4.94. The van der Waals surface area contributed by atoms with Crippen LogP contribution in [0.4, 0.5) is 0 Å². The van der Waals surface area contributed by atoms with Crippen molar-refractivity contribution in [3.05, 3.63) is 56.5 Å². The van der Waals surface area contributed by atoms with Crippen molar-refractivity contribution in [2.45, 2.75) is 20.3 Å². The third-order valence-electron chi connectivity index (χ3n) is 4.85. The summed E-state index contributed by atoms with van der Waals surface area (Å²) >= 11 is 8.26. The zero-order valence-corrected chi connectivity index (χ0v) is 23.0. The molecule has 2 aliphatic heterocycles. The van der Waals surface area contributed by atoms with E-state index in [0.29, 0.717) is 52.9 Å². The Morgan fingerprint density at radius 3 is 2.54 bits per heavy atom. The fourth-order valence-electron chi connectivity index (χ4n) is 3.25. The van der Waals surface area contributed by atoms with Crippen LogP contribution in [0, 0.1) is 5.41 Å². The molecule has 2 aromatic rings. The first-order valence-electron chi connectivity index (χ1n) is 10.9. The van der Waals surface area contributed by atoms with E-state index in [2.05, 4.69) is 42.0 Å². The van der Waals surface area contributed by atoms with Gasteiger partial charge in [0, 0.05) is 4.47 Å². The van der Waals surface area contributed by atoms with Gasteiger partial charge in [-0.05, 0) is 89.1 Å². The number of thioether (sulfide) groups is 1. The topological polar surface area (TPSA) is 96.6 Å². The lowest BCUT2D eigenvalue weighted by Crippen LogP contribution is -2.35. The number of rotatable bonds is 9. The molecule has 8 nitrogen and oxygen atoms in total. The van der Waals surface area contributed by atoms with Gasteiger partial charge < -0.3 is 14.2 Å². The van der Waals surface area contributed by atoms with E-state index in [1.54, 1.807) is 18.2 Å². The van der Waals surface area contributed by atoms with Gasteiger partial charge in [0.1, 0.15) is 24.0 Å². The summed E-state index contributed by atoms with van der Waals surface area (Å²) in [5.74, 6) is 1.32. The van der Waals surface area contributed by atoms with Gasteiger partial charge in [-0.15, -0.1) is 0 Å². The summed E-state index contributed by atoms with van der Waals surface area (Å²) in [6.07, 6.45) is 2.32. The van der Waals surface area contributed by atoms with Crippen molar-refractivity contribution in [1.29, 1.82) is 5.41 Å². The van der Waals surface area contributed by atoms with Crippen molar-refractivity contribution in [3.63, 3.8) is 0 Å². The molecule has 0 bridgehead atoms. The summed E-state index contributed by atoms with van der Waals surface area (Å²) in [5.41, 5.74) is 0.818. The van der Waals surface area contributed by atoms with Crippen LogP contribution in [0.15, 0.2) is 61.0 Å². The number of nitrogens with one attached hydrogen (secondary N) is 1. The fourth-order valence-corrected chi connectivity index (χ4v) is 4.91. The predicted molar refractivity (Wildman–Crippen MR) is 146 cm³/mol. The first kappa shape index (κ1) is 25.5. The van der Waals surface area contributed by atoms with Crippen LogP contribution in [0.3, 0.4) is 0 Å². The quantitative estimate of drug-likeness (QED) is 0.269. The molecule has 2 aliphatic rings. The van der Waals surface area contributed by atoms with E-state index < -0.39 is 5.91 Å². The van der Waals surface area contributed by atoms with E-state index in [9.17, 15) is 4.79 Å². The molecule has 0 aliphatic carbocycles. The van der Waals surface area contributed by atoms with E-state index in [1.165, 1.54) is 16.8 Å². The SMILES string of the molecule is CCOc1cc(C=C2C(=N)N3N=C(CC)SC3=NC2=O)cc(Br)c1OCCOc1ccc(Br)cc1. The molecule has 0 fully saturated rings. The van der Waals surface area contributed by atoms with Crippen molar-refractivity contribution >= 4 is 71.7 Å². The molecule has 0 saturated heterocycles. The molecule has 182 valence electrons. The standard InChI is InChI=1S/C24H22Br2N4O4S/c1-3-20-29-30-22(27)17(23(31)28-24(30)35-20)11-14-12-18(26)21(19(13-14)32-4-2)34-10-9-33-16-7-5-15(25)6-8-16/h5-8,11-13,27H,3-4,9-10H2,1-2H3. The van der Waals surface area contributed by atoms with Crippen LogP contribution < -0.4 is 14.2 Å². The maximum absolute atomic E-state index is 12.6. The highest BCUT2D eigenvalue weighted by Gasteiger charge is 2.35. The maximum atomic E-state index is 12.6. The molecule has 0 aromatic heterocycles. The Balaban J connectivity index is 1.51. The Morgan fingerprint density at radius 1 is 1.09 bits per heavy atom. The van der Waals surface area contributed by atoms with E-state index in [4.69, 9.17) is 19.6 Å². The second-order valence-electron chi connectivity index (χ2n) is 7.28. The molecule has 0 radical (unpaired) electrons. The highest BCUT2D eigenvalue weighted by molar-refractivity contribution is 9.10. The van der Waals surface area contributed by atoms with E-state index in [-0.39, 0.29) is 11.4 Å². The van der Waals surface area contributed by atoms with Crippen LogP contribution >= 0.6 is 43.6 Å². The Hall–Kier alpha value is -2.63. The molecule has 2 aromatic carbocycles. The number of carbonyl (C=O) groups excluding carboxylic acids is 1. The second kappa shape index (κ2) is 11.4. The summed E-state index contributed by atoms with van der Waals surface area (Å²) in [7, 11) is 0. The summed E-state index contributed by atoms with van der Waals surface area (Å²) in [5, 5.41) is 15.5. The molecule has 1 N–H and O–H groups in total. The van der Waals surface area contributed by atoms with E-state index in [1.807, 2.05) is 38.1 Å². The molecular weight excluding hydrogens is 600 g/mol. The van der Waals surface area contributed by atoms with Gasteiger partial charge in [0.25, 0.3) is 5.91 Å². The number of benzene rings is 2. The minimum atomic E-state index is -0.471. The van der Waals surface area contributed by atoms with Gasteiger partial charge in [0.15, 0.2) is 17.3 Å². The van der Waals surface area contributed by atoms with E-state index >= 15 is 0 Å². The van der Waals surface area contributed by atoms with Crippen molar-refractivity contribution < 1.29 is 19.0 Å². The highest BCUT2D eigenvalue weighted by Crippen LogP contribution is 2.38. The van der Waals surface area contributed by atoms with E-state index in [0.717, 1.165) is 15.3 Å². The summed E-state index contributed by atoms with van der Waals surface area (Å²) in [6, 6.07) is 11.1. The first-order chi connectivity index (χ1) is 16.9. The van der Waals surface area contributed by atoms with Crippen LogP contribution in [0.2, 0.25) is 0 Å². The van der Waals surface area contributed by atoms with Crippen LogP contribution in [0.25, 0.3) is 6.08 Å². The average Bonchev–Trinajstić information content (AvgIpc) is 3.25. The van der Waals surface area contributed by atoms with Crippen molar-refractivity contribution in [2.24, 2.45) is 10.1 Å². The van der Waals surface area contributed by atoms with Crippen LogP contribution in [-0.2, 0) is 4.79 Å². The molecule has 0 atom stereocenters. The number of hydrogen-bond acceptors (Lipinski definition) is 7. The maximum Gasteiger partial charge on any atom is 0.283 e. The number of fused-ring (bicyclic) bond motifs is 1. The van der Waals surface area contributed by atoms with Crippen molar-refractivity contribution in [2.75, 3.05) is 19.8 Å². The minimum absolute atomic E-state index is 0.00421. The molecule has 35 heavy (non-hydrogen) atoms. The lowest BCUT2D eigenvalue weighted by atomic mass is 10.1. The molecular formula is C24H22Br2N4O4S. The number of nitrogens with zero attached hydrogens (tertiary/aromatic N) is 3. The number of carbonyl (C=O) groups is 1. The zero-order valence-electron chi connectivity index (χ0n) is 19.0. The van der Waals surface area contributed by atoms with Gasteiger partial charge in [-0.1, -0.05) is 22.9 Å². The average molecular weight is 622 g/mol. The van der Waals surface area contributed by atoms with Gasteiger partial charge >= 0.3 is 0 Å². The third-order valence-corrected chi connectivity index (χ3v) is 7.02. The number of hydrogen-bond donors (Lipinski definition) is 1. The lowest BCUT2D eigenvalue weighted by Gasteiger charge is -2.20. The third kappa shape index (κ3) is 5.96. The largest absolute Gasteiger partial charge is 0.490 e. The molecule has 0 spiro atoms. The van der Waals surface area contributed by atoms with Crippen LogP contribution in [0.5, 0.6) is 17.2 Å². The van der Waals surface area contributed by atoms with Crippen LogP contribution in [-0.4, -0.2) is 46.8 Å². The van der Waals surface area contributed by atoms with Gasteiger partial charge in [-0.3, -0.25) is 10.2 Å². The molecule has 11 heteroatoms. The number of amidine groups is 2. The fraction of sp³-hybridized carbons (Fsp3) is 0.250. The smallest absolute Gasteiger partial charge is 0.283 e. The molecule has 0 saturated carbocycles. The normalized spacial score (nSPS) is 16.2. The molecule has 4 rings (SSSR count). The van der Waals surface area contributed by atoms with Crippen LogP contribution in [0.1, 0.15) is 25.8 Å². The zero-order chi connectivity index (χ0) is 24.9. The first-order valence-corrected chi connectivity index (χ1v) is 13.3. The van der Waals surface area contributed by atoms with Gasteiger partial charge in [-0.2, -0.15) is 15.1 Å². The van der Waals surface area contributed by atoms with Gasteiger partial charge in [-0.25, -0.2) is 0 Å².